The summed E-state index contributed by atoms with van der Waals surface area (Å²) in [4.78, 5) is 26.8. The first kappa shape index (κ1) is 16.2. The Kier molecular flexibility index (Phi) is 4.61. The van der Waals surface area contributed by atoms with Gasteiger partial charge in [0.15, 0.2) is 0 Å². The zero-order valence-corrected chi connectivity index (χ0v) is 13.8. The van der Waals surface area contributed by atoms with Crippen LogP contribution in [0.25, 0.3) is 0 Å². The van der Waals surface area contributed by atoms with Crippen molar-refractivity contribution < 1.29 is 14.3 Å². The van der Waals surface area contributed by atoms with Crippen LogP contribution in [0.3, 0.4) is 0 Å². The van der Waals surface area contributed by atoms with Crippen LogP contribution in [0.2, 0.25) is 0 Å². The monoisotopic (exact) mass is 328 g/mol. The molecule has 1 aliphatic heterocycles. The zero-order valence-electron chi connectivity index (χ0n) is 13.8. The maximum atomic E-state index is 12.7. The van der Waals surface area contributed by atoms with Gasteiger partial charge < -0.3 is 15.0 Å². The lowest BCUT2D eigenvalue weighted by Crippen LogP contribution is -2.41. The van der Waals surface area contributed by atoms with Crippen LogP contribution in [-0.4, -0.2) is 52.8 Å². The van der Waals surface area contributed by atoms with Crippen molar-refractivity contribution in [3.63, 3.8) is 0 Å². The molecule has 2 aromatic rings. The number of aromatic nitrogens is 2. The van der Waals surface area contributed by atoms with E-state index < -0.39 is 0 Å². The average molecular weight is 328 g/mol. The highest BCUT2D eigenvalue weighted by atomic mass is 16.5. The van der Waals surface area contributed by atoms with Gasteiger partial charge in [-0.2, -0.15) is 5.10 Å². The van der Waals surface area contributed by atoms with Gasteiger partial charge in [-0.25, -0.2) is 0 Å². The van der Waals surface area contributed by atoms with Crippen molar-refractivity contribution in [2.45, 2.75) is 6.92 Å². The second kappa shape index (κ2) is 6.84. The molecule has 1 fully saturated rings. The van der Waals surface area contributed by atoms with E-state index in [0.29, 0.717) is 43.2 Å². The van der Waals surface area contributed by atoms with E-state index in [1.54, 1.807) is 42.4 Å². The van der Waals surface area contributed by atoms with Crippen LogP contribution in [0.15, 0.2) is 30.5 Å². The van der Waals surface area contributed by atoms with Gasteiger partial charge in [-0.3, -0.25) is 14.3 Å². The molecule has 0 unspecified atom stereocenters. The number of aryl methyl sites for hydroxylation is 1. The number of nitrogens with zero attached hydrogens (tertiary/aromatic N) is 3. The molecule has 0 spiro atoms. The maximum Gasteiger partial charge on any atom is 0.273 e. The summed E-state index contributed by atoms with van der Waals surface area (Å²) in [5.41, 5.74) is 2.43. The molecule has 24 heavy (non-hydrogen) atoms. The van der Waals surface area contributed by atoms with Crippen molar-refractivity contribution in [3.05, 3.63) is 47.3 Å². The molecule has 1 aromatic heterocycles. The third-order valence-electron chi connectivity index (χ3n) is 4.16. The van der Waals surface area contributed by atoms with Gasteiger partial charge >= 0.3 is 0 Å². The van der Waals surface area contributed by atoms with Gasteiger partial charge in [0.2, 0.25) is 0 Å². The Balaban J connectivity index is 1.81. The Morgan fingerprint density at radius 1 is 1.21 bits per heavy atom. The quantitative estimate of drug-likeness (QED) is 0.925. The van der Waals surface area contributed by atoms with Crippen LogP contribution in [0, 0.1) is 6.92 Å². The van der Waals surface area contributed by atoms with E-state index in [-0.39, 0.29) is 11.8 Å². The number of hydrogen-bond donors (Lipinski definition) is 1. The first-order valence-corrected chi connectivity index (χ1v) is 7.84. The zero-order chi connectivity index (χ0) is 17.1. The largest absolute Gasteiger partial charge is 0.378 e. The van der Waals surface area contributed by atoms with Crippen LogP contribution in [0.5, 0.6) is 0 Å². The summed E-state index contributed by atoms with van der Waals surface area (Å²) in [6, 6.07) is 7.00. The summed E-state index contributed by atoms with van der Waals surface area (Å²) in [6.07, 6.45) is 1.57. The van der Waals surface area contributed by atoms with E-state index in [4.69, 9.17) is 4.74 Å². The molecule has 2 amide bonds. The van der Waals surface area contributed by atoms with E-state index in [2.05, 4.69) is 10.4 Å². The Hall–Kier alpha value is -2.67. The molecule has 0 radical (unpaired) electrons. The Morgan fingerprint density at radius 2 is 1.96 bits per heavy atom. The predicted octanol–water partition coefficient (Wildman–Crippen LogP) is 1.45. The lowest BCUT2D eigenvalue weighted by Gasteiger charge is -2.27. The van der Waals surface area contributed by atoms with E-state index in [1.807, 2.05) is 6.92 Å². The number of hydrogen-bond acceptors (Lipinski definition) is 4. The van der Waals surface area contributed by atoms with Gasteiger partial charge in [-0.1, -0.05) is 6.07 Å². The maximum absolute atomic E-state index is 12.7. The fourth-order valence-electron chi connectivity index (χ4n) is 2.72. The third-order valence-corrected chi connectivity index (χ3v) is 4.16. The molecular formula is C17H20N4O3. The van der Waals surface area contributed by atoms with Crippen molar-refractivity contribution >= 4 is 17.5 Å². The Bertz CT molecular complexity index is 763. The fraction of sp³-hybridized carbons (Fsp3) is 0.353. The first-order valence-electron chi connectivity index (χ1n) is 7.84. The standard InChI is InChI=1S/C17H20N4O3/c1-12-13(17(23)21-8-10-24-11-9-21)4-3-5-14(12)19-16(22)15-6-7-18-20(15)2/h3-7H,8-11H2,1-2H3,(H,19,22). The molecule has 1 aromatic carbocycles. The molecule has 0 aliphatic carbocycles. The summed E-state index contributed by atoms with van der Waals surface area (Å²) in [6.45, 7) is 4.13. The number of carbonyl (C=O) groups excluding carboxylic acids is 2. The Labute approximate surface area is 140 Å². The van der Waals surface area contributed by atoms with Crippen LogP contribution >= 0.6 is 0 Å². The van der Waals surface area contributed by atoms with Crippen molar-refractivity contribution in [3.8, 4) is 0 Å². The van der Waals surface area contributed by atoms with Crippen LogP contribution in [0.4, 0.5) is 5.69 Å². The van der Waals surface area contributed by atoms with Crippen LogP contribution in [-0.2, 0) is 11.8 Å². The number of benzene rings is 1. The molecule has 0 bridgehead atoms. The molecule has 0 atom stereocenters. The number of morpholine rings is 1. The third kappa shape index (κ3) is 3.16. The number of amides is 2. The van der Waals surface area contributed by atoms with Crippen molar-refractivity contribution in [2.75, 3.05) is 31.6 Å². The summed E-state index contributed by atoms with van der Waals surface area (Å²) < 4.78 is 6.79. The highest BCUT2D eigenvalue weighted by Crippen LogP contribution is 2.21. The van der Waals surface area contributed by atoms with E-state index in [9.17, 15) is 9.59 Å². The van der Waals surface area contributed by atoms with Crippen LogP contribution in [0.1, 0.15) is 26.4 Å². The topological polar surface area (TPSA) is 76.5 Å². The average Bonchev–Trinajstić information content (AvgIpc) is 3.03. The van der Waals surface area contributed by atoms with Gasteiger partial charge in [0.05, 0.1) is 13.2 Å². The normalized spacial score (nSPS) is 14.5. The van der Waals surface area contributed by atoms with E-state index in [0.717, 1.165) is 5.56 Å². The summed E-state index contributed by atoms with van der Waals surface area (Å²) >= 11 is 0. The smallest absolute Gasteiger partial charge is 0.273 e. The molecule has 2 heterocycles. The van der Waals surface area contributed by atoms with Gasteiger partial charge in [0.1, 0.15) is 5.69 Å². The summed E-state index contributed by atoms with van der Waals surface area (Å²) in [7, 11) is 1.71. The lowest BCUT2D eigenvalue weighted by atomic mass is 10.0. The highest BCUT2D eigenvalue weighted by molar-refractivity contribution is 6.05. The SMILES string of the molecule is Cc1c(NC(=O)c2ccnn2C)cccc1C(=O)N1CCOCC1. The number of anilines is 1. The second-order valence-corrected chi connectivity index (χ2v) is 5.68. The molecule has 1 N–H and O–H groups in total. The summed E-state index contributed by atoms with van der Waals surface area (Å²) in [5, 5.41) is 6.85. The lowest BCUT2D eigenvalue weighted by molar-refractivity contribution is 0.0302. The first-order chi connectivity index (χ1) is 11.6. The minimum Gasteiger partial charge on any atom is -0.378 e. The highest BCUT2D eigenvalue weighted by Gasteiger charge is 2.21. The molecule has 7 heteroatoms. The van der Waals surface area contributed by atoms with Crippen molar-refractivity contribution in [2.24, 2.45) is 7.05 Å². The molecule has 7 nitrogen and oxygen atoms in total. The molecule has 126 valence electrons. The number of ether oxygens (including phenoxy) is 1. The summed E-state index contributed by atoms with van der Waals surface area (Å²) in [5.74, 6) is -0.290. The van der Waals surface area contributed by atoms with E-state index >= 15 is 0 Å². The van der Waals surface area contributed by atoms with Crippen molar-refractivity contribution in [1.82, 2.24) is 14.7 Å². The van der Waals surface area contributed by atoms with E-state index in [1.165, 1.54) is 4.68 Å². The minimum atomic E-state index is -0.255. The minimum absolute atomic E-state index is 0.0348. The number of rotatable bonds is 3. The molecular weight excluding hydrogens is 308 g/mol. The van der Waals surface area contributed by atoms with Gasteiger partial charge in [0.25, 0.3) is 11.8 Å². The Morgan fingerprint density at radius 3 is 2.62 bits per heavy atom. The molecule has 0 saturated carbocycles. The predicted molar refractivity (Wildman–Crippen MR) is 89.1 cm³/mol. The van der Waals surface area contributed by atoms with Crippen LogP contribution < -0.4 is 5.32 Å². The van der Waals surface area contributed by atoms with Gasteiger partial charge in [-0.15, -0.1) is 0 Å². The van der Waals surface area contributed by atoms with Crippen molar-refractivity contribution in [1.29, 1.82) is 0 Å². The molecule has 3 rings (SSSR count). The van der Waals surface area contributed by atoms with Gasteiger partial charge in [0, 0.05) is 37.6 Å². The molecule has 1 aliphatic rings. The molecule has 1 saturated heterocycles. The number of carbonyl (C=O) groups is 2. The van der Waals surface area contributed by atoms with Gasteiger partial charge in [-0.05, 0) is 30.7 Å². The number of nitrogens with one attached hydrogen (secondary N) is 1. The second-order valence-electron chi connectivity index (χ2n) is 5.68. The fourth-order valence-corrected chi connectivity index (χ4v) is 2.72.